The summed E-state index contributed by atoms with van der Waals surface area (Å²) < 4.78 is 12.9. The van der Waals surface area contributed by atoms with E-state index in [1.54, 1.807) is 0 Å². The minimum absolute atomic E-state index is 0.0779. The predicted octanol–water partition coefficient (Wildman–Crippen LogP) is 2.53. The van der Waals surface area contributed by atoms with E-state index >= 15 is 0 Å². The quantitative estimate of drug-likeness (QED) is 0.790. The van der Waals surface area contributed by atoms with Crippen molar-refractivity contribution in [2.45, 2.75) is 32.2 Å². The predicted molar refractivity (Wildman–Crippen MR) is 101 cm³/mol. The number of carbonyl (C=O) groups excluding carboxylic acids is 2. The van der Waals surface area contributed by atoms with Crippen molar-refractivity contribution in [3.05, 3.63) is 40.1 Å². The van der Waals surface area contributed by atoms with Crippen molar-refractivity contribution in [3.63, 3.8) is 0 Å². The van der Waals surface area contributed by atoms with Crippen molar-refractivity contribution in [1.29, 1.82) is 0 Å². The van der Waals surface area contributed by atoms with Crippen LogP contribution in [0.2, 0.25) is 0 Å². The molecule has 0 bridgehead atoms. The molecule has 1 atom stereocenters. The molecule has 1 saturated heterocycles. The number of likely N-dealkylation sites (tertiary alicyclic amines) is 1. The number of nitrogens with zero attached hydrogens (tertiary/aromatic N) is 3. The van der Waals surface area contributed by atoms with Crippen LogP contribution in [-0.2, 0) is 0 Å². The van der Waals surface area contributed by atoms with E-state index in [4.69, 9.17) is 0 Å². The standard InChI is InChI=1S/C18H22FN5O2S/c1-12-4-2-3-10-24(12)11-9-20-15(25)17-22-23-18(27-17)16(26)21-14-7-5-13(19)6-8-14/h5-8,12H,2-4,9-11H2,1H3,(H,20,25)(H,21,26). The highest BCUT2D eigenvalue weighted by atomic mass is 32.1. The molecule has 3 rings (SSSR count). The number of rotatable bonds is 6. The molecule has 1 aliphatic rings. The zero-order chi connectivity index (χ0) is 19.2. The van der Waals surface area contributed by atoms with Gasteiger partial charge < -0.3 is 10.6 Å². The second-order valence-corrected chi connectivity index (χ2v) is 7.49. The lowest BCUT2D eigenvalue weighted by Crippen LogP contribution is -2.42. The highest BCUT2D eigenvalue weighted by Gasteiger charge is 2.20. The van der Waals surface area contributed by atoms with E-state index in [1.165, 1.54) is 43.5 Å². The normalized spacial score (nSPS) is 17.5. The first-order valence-corrected chi connectivity index (χ1v) is 9.77. The van der Waals surface area contributed by atoms with Gasteiger partial charge in [0.15, 0.2) is 0 Å². The smallest absolute Gasteiger partial charge is 0.286 e. The molecular formula is C18H22FN5O2S. The maximum atomic E-state index is 12.9. The first-order chi connectivity index (χ1) is 13.0. The molecular weight excluding hydrogens is 369 g/mol. The maximum absolute atomic E-state index is 12.9. The van der Waals surface area contributed by atoms with Crippen LogP contribution in [0, 0.1) is 5.82 Å². The lowest BCUT2D eigenvalue weighted by atomic mass is 10.0. The Kier molecular flexibility index (Phi) is 6.46. The number of amides is 2. The van der Waals surface area contributed by atoms with Gasteiger partial charge in [-0.15, -0.1) is 10.2 Å². The Morgan fingerprint density at radius 1 is 1.19 bits per heavy atom. The lowest BCUT2D eigenvalue weighted by molar-refractivity contribution is 0.0936. The first-order valence-electron chi connectivity index (χ1n) is 8.95. The number of carbonyl (C=O) groups is 2. The minimum atomic E-state index is -0.486. The van der Waals surface area contributed by atoms with Gasteiger partial charge in [0.25, 0.3) is 11.8 Å². The summed E-state index contributed by atoms with van der Waals surface area (Å²) in [5, 5.41) is 13.2. The zero-order valence-electron chi connectivity index (χ0n) is 15.1. The van der Waals surface area contributed by atoms with E-state index in [0.29, 0.717) is 18.3 Å². The van der Waals surface area contributed by atoms with Crippen molar-refractivity contribution in [1.82, 2.24) is 20.4 Å². The summed E-state index contributed by atoms with van der Waals surface area (Å²) in [7, 11) is 0. The Bertz CT molecular complexity index is 795. The summed E-state index contributed by atoms with van der Waals surface area (Å²) in [6.45, 7) is 4.59. The molecule has 27 heavy (non-hydrogen) atoms. The summed E-state index contributed by atoms with van der Waals surface area (Å²) in [6, 6.07) is 5.93. The Balaban J connectivity index is 1.49. The lowest BCUT2D eigenvalue weighted by Gasteiger charge is -2.33. The highest BCUT2D eigenvalue weighted by molar-refractivity contribution is 7.15. The SMILES string of the molecule is CC1CCCCN1CCNC(=O)c1nnc(C(=O)Nc2ccc(F)cc2)s1. The van der Waals surface area contributed by atoms with Crippen molar-refractivity contribution >= 4 is 28.8 Å². The van der Waals surface area contributed by atoms with Crippen LogP contribution < -0.4 is 10.6 Å². The molecule has 9 heteroatoms. The molecule has 2 N–H and O–H groups in total. The second kappa shape index (κ2) is 9.01. The van der Waals surface area contributed by atoms with Gasteiger partial charge in [0.2, 0.25) is 10.0 Å². The molecule has 1 aromatic carbocycles. The molecule has 1 aliphatic heterocycles. The third-order valence-corrected chi connectivity index (χ3v) is 5.46. The molecule has 1 aromatic heterocycles. The molecule has 7 nitrogen and oxygen atoms in total. The molecule has 2 amide bonds. The van der Waals surface area contributed by atoms with Crippen molar-refractivity contribution in [2.75, 3.05) is 25.0 Å². The van der Waals surface area contributed by atoms with E-state index in [1.807, 2.05) is 0 Å². The molecule has 1 fully saturated rings. The van der Waals surface area contributed by atoms with Crippen LogP contribution in [-0.4, -0.2) is 52.6 Å². The zero-order valence-corrected chi connectivity index (χ0v) is 15.9. The average molecular weight is 391 g/mol. The maximum Gasteiger partial charge on any atom is 0.286 e. The van der Waals surface area contributed by atoms with Gasteiger partial charge in [0.1, 0.15) is 5.82 Å². The molecule has 0 saturated carbocycles. The molecule has 0 radical (unpaired) electrons. The monoisotopic (exact) mass is 391 g/mol. The number of hydrogen-bond donors (Lipinski definition) is 2. The number of benzene rings is 1. The van der Waals surface area contributed by atoms with Gasteiger partial charge in [-0.25, -0.2) is 4.39 Å². The van der Waals surface area contributed by atoms with E-state index in [9.17, 15) is 14.0 Å². The van der Waals surface area contributed by atoms with Gasteiger partial charge in [-0.2, -0.15) is 0 Å². The van der Waals surface area contributed by atoms with Crippen LogP contribution in [0.5, 0.6) is 0 Å². The fraction of sp³-hybridized carbons (Fsp3) is 0.444. The van der Waals surface area contributed by atoms with Gasteiger partial charge in [-0.05, 0) is 50.6 Å². The Morgan fingerprint density at radius 3 is 2.59 bits per heavy atom. The Morgan fingerprint density at radius 2 is 1.89 bits per heavy atom. The van der Waals surface area contributed by atoms with Crippen LogP contribution in [0.25, 0.3) is 0 Å². The van der Waals surface area contributed by atoms with Crippen molar-refractivity contribution in [2.24, 2.45) is 0 Å². The summed E-state index contributed by atoms with van der Waals surface area (Å²) in [5.74, 6) is -1.21. The van der Waals surface area contributed by atoms with Gasteiger partial charge >= 0.3 is 0 Å². The van der Waals surface area contributed by atoms with Gasteiger partial charge in [-0.3, -0.25) is 14.5 Å². The van der Waals surface area contributed by atoms with Crippen molar-refractivity contribution < 1.29 is 14.0 Å². The Labute approximate surface area is 161 Å². The van der Waals surface area contributed by atoms with Crippen molar-refractivity contribution in [3.8, 4) is 0 Å². The third kappa shape index (κ3) is 5.30. The summed E-state index contributed by atoms with van der Waals surface area (Å²) in [5.41, 5.74) is 0.443. The van der Waals surface area contributed by atoms with Crippen LogP contribution in [0.1, 0.15) is 45.8 Å². The number of aromatic nitrogens is 2. The fourth-order valence-corrected chi connectivity index (χ4v) is 3.66. The van der Waals surface area contributed by atoms with E-state index in [-0.39, 0.29) is 21.7 Å². The van der Waals surface area contributed by atoms with Crippen LogP contribution in [0.3, 0.4) is 0 Å². The van der Waals surface area contributed by atoms with Gasteiger partial charge in [0.05, 0.1) is 0 Å². The van der Waals surface area contributed by atoms with Crippen LogP contribution in [0.15, 0.2) is 24.3 Å². The molecule has 0 spiro atoms. The highest BCUT2D eigenvalue weighted by Crippen LogP contribution is 2.16. The number of hydrogen-bond acceptors (Lipinski definition) is 6. The topological polar surface area (TPSA) is 87.2 Å². The first kappa shape index (κ1) is 19.4. The largest absolute Gasteiger partial charge is 0.349 e. The number of piperidine rings is 1. The number of nitrogens with one attached hydrogen (secondary N) is 2. The summed E-state index contributed by atoms with van der Waals surface area (Å²) in [4.78, 5) is 26.7. The third-order valence-electron chi connectivity index (χ3n) is 4.54. The van der Waals surface area contributed by atoms with Crippen LogP contribution in [0.4, 0.5) is 10.1 Å². The average Bonchev–Trinajstić information content (AvgIpc) is 3.15. The van der Waals surface area contributed by atoms with Crippen LogP contribution >= 0.6 is 11.3 Å². The Hall–Kier alpha value is -2.39. The number of anilines is 1. The van der Waals surface area contributed by atoms with E-state index in [0.717, 1.165) is 24.4 Å². The second-order valence-electron chi connectivity index (χ2n) is 6.51. The molecule has 2 aromatic rings. The fourth-order valence-electron chi connectivity index (χ4n) is 3.00. The summed E-state index contributed by atoms with van der Waals surface area (Å²) >= 11 is 0.924. The molecule has 144 valence electrons. The minimum Gasteiger partial charge on any atom is -0.349 e. The van der Waals surface area contributed by atoms with E-state index < -0.39 is 5.91 Å². The molecule has 1 unspecified atom stereocenters. The molecule has 2 heterocycles. The van der Waals surface area contributed by atoms with E-state index in [2.05, 4.69) is 32.7 Å². The number of halogens is 1. The van der Waals surface area contributed by atoms with Gasteiger partial charge in [-0.1, -0.05) is 17.8 Å². The summed E-state index contributed by atoms with van der Waals surface area (Å²) in [6.07, 6.45) is 3.65. The molecule has 0 aliphatic carbocycles. The van der Waals surface area contributed by atoms with Gasteiger partial charge in [0, 0.05) is 24.8 Å².